The SMILES string of the molecule is COc1ccccc1NC(=S)Nc1ccc(N)cc1. The molecule has 0 atom stereocenters. The second-order valence-corrected chi connectivity index (χ2v) is 4.31. The van der Waals surface area contributed by atoms with Gasteiger partial charge in [-0.1, -0.05) is 12.1 Å². The van der Waals surface area contributed by atoms with Crippen molar-refractivity contribution in [2.24, 2.45) is 0 Å². The van der Waals surface area contributed by atoms with Crippen LogP contribution in [-0.2, 0) is 0 Å². The molecule has 0 spiro atoms. The highest BCUT2D eigenvalue weighted by Gasteiger charge is 2.03. The van der Waals surface area contributed by atoms with Crippen LogP contribution >= 0.6 is 12.2 Å². The lowest BCUT2D eigenvalue weighted by Gasteiger charge is -2.13. The molecule has 0 aliphatic rings. The summed E-state index contributed by atoms with van der Waals surface area (Å²) in [5.74, 6) is 0.740. The van der Waals surface area contributed by atoms with Crippen LogP contribution in [0.25, 0.3) is 0 Å². The van der Waals surface area contributed by atoms with Gasteiger partial charge in [0.05, 0.1) is 12.8 Å². The molecular formula is C14H15N3OS. The van der Waals surface area contributed by atoms with Gasteiger partial charge in [0.15, 0.2) is 5.11 Å². The van der Waals surface area contributed by atoms with Crippen LogP contribution in [0.15, 0.2) is 48.5 Å². The van der Waals surface area contributed by atoms with Crippen molar-refractivity contribution in [3.8, 4) is 5.75 Å². The van der Waals surface area contributed by atoms with E-state index in [2.05, 4.69) is 10.6 Å². The van der Waals surface area contributed by atoms with Gasteiger partial charge in [-0.05, 0) is 48.6 Å². The highest BCUT2D eigenvalue weighted by molar-refractivity contribution is 7.80. The third-order valence-electron chi connectivity index (χ3n) is 2.52. The Morgan fingerprint density at radius 2 is 1.74 bits per heavy atom. The molecule has 0 saturated heterocycles. The number of anilines is 3. The molecule has 0 fully saturated rings. The number of nitrogen functional groups attached to an aromatic ring is 1. The van der Waals surface area contributed by atoms with Crippen LogP contribution in [0.1, 0.15) is 0 Å². The smallest absolute Gasteiger partial charge is 0.175 e. The average molecular weight is 273 g/mol. The van der Waals surface area contributed by atoms with Crippen molar-refractivity contribution in [2.45, 2.75) is 0 Å². The first kappa shape index (κ1) is 13.2. The Hall–Kier alpha value is -2.27. The quantitative estimate of drug-likeness (QED) is 0.592. The molecule has 0 aliphatic heterocycles. The molecule has 2 aromatic carbocycles. The van der Waals surface area contributed by atoms with Gasteiger partial charge in [0.25, 0.3) is 0 Å². The van der Waals surface area contributed by atoms with E-state index in [4.69, 9.17) is 22.7 Å². The number of para-hydroxylation sites is 2. The van der Waals surface area contributed by atoms with Crippen molar-refractivity contribution >= 4 is 34.4 Å². The first-order valence-electron chi connectivity index (χ1n) is 5.75. The maximum Gasteiger partial charge on any atom is 0.175 e. The number of hydrogen-bond donors (Lipinski definition) is 3. The minimum absolute atomic E-state index is 0.495. The Morgan fingerprint density at radius 1 is 1.05 bits per heavy atom. The highest BCUT2D eigenvalue weighted by atomic mass is 32.1. The van der Waals surface area contributed by atoms with Gasteiger partial charge in [0, 0.05) is 11.4 Å². The van der Waals surface area contributed by atoms with E-state index in [1.807, 2.05) is 48.5 Å². The third-order valence-corrected chi connectivity index (χ3v) is 2.73. The minimum atomic E-state index is 0.495. The van der Waals surface area contributed by atoms with Gasteiger partial charge in [-0.2, -0.15) is 0 Å². The molecule has 0 bridgehead atoms. The normalized spacial score (nSPS) is 9.74. The zero-order valence-corrected chi connectivity index (χ0v) is 11.3. The highest BCUT2D eigenvalue weighted by Crippen LogP contribution is 2.23. The number of hydrogen-bond acceptors (Lipinski definition) is 3. The van der Waals surface area contributed by atoms with Gasteiger partial charge in [0.2, 0.25) is 0 Å². The summed E-state index contributed by atoms with van der Waals surface area (Å²) in [6.45, 7) is 0. The first-order valence-corrected chi connectivity index (χ1v) is 6.16. The molecule has 4 nitrogen and oxygen atoms in total. The van der Waals surface area contributed by atoms with Crippen LogP contribution in [0.5, 0.6) is 5.75 Å². The van der Waals surface area contributed by atoms with Crippen molar-refractivity contribution in [2.75, 3.05) is 23.5 Å². The second-order valence-electron chi connectivity index (χ2n) is 3.90. The summed E-state index contributed by atoms with van der Waals surface area (Å²) >= 11 is 5.25. The largest absolute Gasteiger partial charge is 0.495 e. The zero-order chi connectivity index (χ0) is 13.7. The number of ether oxygens (including phenoxy) is 1. The van der Waals surface area contributed by atoms with Crippen molar-refractivity contribution in [3.63, 3.8) is 0 Å². The van der Waals surface area contributed by atoms with Crippen LogP contribution < -0.4 is 21.1 Å². The molecule has 0 unspecified atom stereocenters. The number of thiocarbonyl (C=S) groups is 1. The summed E-state index contributed by atoms with van der Waals surface area (Å²) in [5, 5.41) is 6.66. The zero-order valence-electron chi connectivity index (χ0n) is 10.5. The van der Waals surface area contributed by atoms with Gasteiger partial charge in [-0.25, -0.2) is 0 Å². The lowest BCUT2D eigenvalue weighted by atomic mass is 10.3. The summed E-state index contributed by atoms with van der Waals surface area (Å²) in [6.07, 6.45) is 0. The number of methoxy groups -OCH3 is 1. The Balaban J connectivity index is 2.03. The van der Waals surface area contributed by atoms with E-state index >= 15 is 0 Å². The lowest BCUT2D eigenvalue weighted by molar-refractivity contribution is 0.417. The number of benzene rings is 2. The fraction of sp³-hybridized carbons (Fsp3) is 0.0714. The van der Waals surface area contributed by atoms with Crippen molar-refractivity contribution in [1.82, 2.24) is 0 Å². The Morgan fingerprint density at radius 3 is 2.42 bits per heavy atom. The predicted molar refractivity (Wildman–Crippen MR) is 83.7 cm³/mol. The molecule has 0 radical (unpaired) electrons. The molecule has 0 saturated carbocycles. The molecule has 19 heavy (non-hydrogen) atoms. The first-order chi connectivity index (χ1) is 9.19. The van der Waals surface area contributed by atoms with E-state index in [0.717, 1.165) is 17.1 Å². The number of nitrogens with one attached hydrogen (secondary N) is 2. The van der Waals surface area contributed by atoms with Gasteiger partial charge >= 0.3 is 0 Å². The Labute approximate surface area is 117 Å². The molecule has 2 aromatic rings. The van der Waals surface area contributed by atoms with E-state index in [9.17, 15) is 0 Å². The summed E-state index contributed by atoms with van der Waals surface area (Å²) < 4.78 is 5.25. The molecule has 98 valence electrons. The van der Waals surface area contributed by atoms with E-state index in [-0.39, 0.29) is 0 Å². The summed E-state index contributed by atoms with van der Waals surface area (Å²) in [5.41, 5.74) is 8.04. The maximum atomic E-state index is 5.63. The van der Waals surface area contributed by atoms with Crippen LogP contribution in [0.2, 0.25) is 0 Å². The van der Waals surface area contributed by atoms with E-state index in [1.54, 1.807) is 7.11 Å². The minimum Gasteiger partial charge on any atom is -0.495 e. The van der Waals surface area contributed by atoms with E-state index in [0.29, 0.717) is 10.8 Å². The maximum absolute atomic E-state index is 5.63. The molecular weight excluding hydrogens is 258 g/mol. The van der Waals surface area contributed by atoms with Crippen LogP contribution in [0.3, 0.4) is 0 Å². The molecule has 0 aliphatic carbocycles. The molecule has 4 N–H and O–H groups in total. The van der Waals surface area contributed by atoms with Crippen molar-refractivity contribution < 1.29 is 4.74 Å². The Kier molecular flexibility index (Phi) is 4.20. The molecule has 0 heterocycles. The van der Waals surface area contributed by atoms with Crippen molar-refractivity contribution in [3.05, 3.63) is 48.5 Å². The standard InChI is InChI=1S/C14H15N3OS/c1-18-13-5-3-2-4-12(13)17-14(19)16-11-8-6-10(15)7-9-11/h2-9H,15H2,1H3,(H2,16,17,19). The fourth-order valence-electron chi connectivity index (χ4n) is 1.60. The average Bonchev–Trinajstić information content (AvgIpc) is 2.42. The van der Waals surface area contributed by atoms with E-state index < -0.39 is 0 Å². The summed E-state index contributed by atoms with van der Waals surface area (Å²) in [7, 11) is 1.62. The van der Waals surface area contributed by atoms with Crippen LogP contribution in [0, 0.1) is 0 Å². The second kappa shape index (κ2) is 6.06. The van der Waals surface area contributed by atoms with E-state index in [1.165, 1.54) is 0 Å². The molecule has 0 aromatic heterocycles. The lowest BCUT2D eigenvalue weighted by Crippen LogP contribution is -2.19. The third kappa shape index (κ3) is 3.59. The van der Waals surface area contributed by atoms with Gasteiger partial charge < -0.3 is 21.1 Å². The van der Waals surface area contributed by atoms with Gasteiger partial charge in [-0.3, -0.25) is 0 Å². The number of nitrogens with two attached hydrogens (primary N) is 1. The molecule has 2 rings (SSSR count). The van der Waals surface area contributed by atoms with Gasteiger partial charge in [-0.15, -0.1) is 0 Å². The van der Waals surface area contributed by atoms with Crippen LogP contribution in [-0.4, -0.2) is 12.2 Å². The molecule has 5 heteroatoms. The van der Waals surface area contributed by atoms with Crippen molar-refractivity contribution in [1.29, 1.82) is 0 Å². The fourth-order valence-corrected chi connectivity index (χ4v) is 1.83. The Bertz CT molecular complexity index is 569. The summed E-state index contributed by atoms with van der Waals surface area (Å²) in [6, 6.07) is 14.9. The van der Waals surface area contributed by atoms with Gasteiger partial charge in [0.1, 0.15) is 5.75 Å². The summed E-state index contributed by atoms with van der Waals surface area (Å²) in [4.78, 5) is 0. The molecule has 0 amide bonds. The monoisotopic (exact) mass is 273 g/mol. The predicted octanol–water partition coefficient (Wildman–Crippen LogP) is 3.09. The topological polar surface area (TPSA) is 59.3 Å². The number of rotatable bonds is 3. The van der Waals surface area contributed by atoms with Crippen LogP contribution in [0.4, 0.5) is 17.1 Å².